The summed E-state index contributed by atoms with van der Waals surface area (Å²) in [5, 5.41) is 13.4. The van der Waals surface area contributed by atoms with Gasteiger partial charge in [-0.05, 0) is 60.2 Å². The molecule has 0 fully saturated rings. The van der Waals surface area contributed by atoms with Gasteiger partial charge in [0.05, 0.1) is 11.8 Å². The van der Waals surface area contributed by atoms with Crippen molar-refractivity contribution in [3.8, 4) is 5.75 Å². The minimum atomic E-state index is 0.206. The average Bonchev–Trinajstić information content (AvgIpc) is 3.32. The van der Waals surface area contributed by atoms with Gasteiger partial charge >= 0.3 is 0 Å². The summed E-state index contributed by atoms with van der Waals surface area (Å²) < 4.78 is 2.35. The van der Waals surface area contributed by atoms with Crippen molar-refractivity contribution in [2.45, 2.75) is 20.8 Å². The molecule has 6 rings (SSSR count). The second kappa shape index (κ2) is 8.35. The molecule has 0 radical (unpaired) electrons. The van der Waals surface area contributed by atoms with Crippen molar-refractivity contribution in [3.05, 3.63) is 119 Å². The molecule has 0 spiro atoms. The molecule has 2 aliphatic carbocycles. The highest BCUT2D eigenvalue weighted by Crippen LogP contribution is 2.46. The Morgan fingerprint density at radius 1 is 0.971 bits per heavy atom. The maximum Gasteiger partial charge on any atom is 0.189 e. The van der Waals surface area contributed by atoms with E-state index in [1.807, 2.05) is 12.1 Å². The lowest BCUT2D eigenvalue weighted by molar-refractivity contribution is -0.481. The SMILES string of the molecule is Cc1cc(C)c(N2C=[N+]([C-]3C=CC4C=CC=CC4=C3c3c(O)ccc4ccccc34)CC2)c(C)c1. The Hall–Kier alpha value is -3.98. The number of rotatable bonds is 3. The maximum absolute atomic E-state index is 11.2. The summed E-state index contributed by atoms with van der Waals surface area (Å²) in [5.74, 6) is 0.527. The van der Waals surface area contributed by atoms with Gasteiger partial charge in [-0.3, -0.25) is 9.48 Å². The lowest BCUT2D eigenvalue weighted by atomic mass is 9.78. The number of fused-ring (bicyclic) bond motifs is 2. The summed E-state index contributed by atoms with van der Waals surface area (Å²) in [5.41, 5.74) is 8.45. The maximum atomic E-state index is 11.2. The Labute approximate surface area is 207 Å². The molecule has 174 valence electrons. The van der Waals surface area contributed by atoms with Crippen LogP contribution >= 0.6 is 0 Å². The fraction of sp³-hybridized carbons (Fsp3) is 0.188. The summed E-state index contributed by atoms with van der Waals surface area (Å²) in [6, 6.07) is 17.8. The van der Waals surface area contributed by atoms with Gasteiger partial charge in [-0.25, -0.2) is 0 Å². The largest absolute Gasteiger partial charge is 0.515 e. The van der Waals surface area contributed by atoms with Crippen molar-refractivity contribution in [1.29, 1.82) is 0 Å². The van der Waals surface area contributed by atoms with E-state index >= 15 is 0 Å². The zero-order valence-electron chi connectivity index (χ0n) is 20.5. The van der Waals surface area contributed by atoms with Crippen molar-refractivity contribution < 1.29 is 9.68 Å². The van der Waals surface area contributed by atoms with Gasteiger partial charge in [-0.1, -0.05) is 89.6 Å². The highest BCUT2D eigenvalue weighted by atomic mass is 16.3. The molecular formula is C32H30N2O. The first kappa shape index (κ1) is 21.5. The number of hydrogen-bond donors (Lipinski definition) is 1. The van der Waals surface area contributed by atoms with Crippen LogP contribution in [0, 0.1) is 32.7 Å². The van der Waals surface area contributed by atoms with E-state index in [0.717, 1.165) is 41.0 Å². The van der Waals surface area contributed by atoms with E-state index in [-0.39, 0.29) is 5.92 Å². The number of nitrogens with zero attached hydrogens (tertiary/aromatic N) is 2. The Morgan fingerprint density at radius 3 is 2.60 bits per heavy atom. The molecule has 3 aromatic carbocycles. The summed E-state index contributed by atoms with van der Waals surface area (Å²) in [6.45, 7) is 8.37. The molecule has 3 aliphatic rings. The Bertz CT molecular complexity index is 1480. The molecule has 3 heteroatoms. The lowest BCUT2D eigenvalue weighted by Crippen LogP contribution is -2.23. The van der Waals surface area contributed by atoms with Gasteiger partial charge in [0.1, 0.15) is 18.8 Å². The van der Waals surface area contributed by atoms with Crippen molar-refractivity contribution in [2.75, 3.05) is 18.0 Å². The third-order valence-electron chi connectivity index (χ3n) is 7.32. The van der Waals surface area contributed by atoms with Gasteiger partial charge in [-0.15, -0.1) is 6.08 Å². The van der Waals surface area contributed by atoms with Crippen LogP contribution in [0.25, 0.3) is 16.3 Å². The number of anilines is 1. The number of benzene rings is 3. The Kier molecular flexibility index (Phi) is 5.14. The summed E-state index contributed by atoms with van der Waals surface area (Å²) >= 11 is 0. The smallest absolute Gasteiger partial charge is 0.189 e. The number of allylic oxidation sites excluding steroid dienone is 6. The van der Waals surface area contributed by atoms with E-state index in [9.17, 15) is 5.11 Å². The van der Waals surface area contributed by atoms with E-state index in [1.165, 1.54) is 28.0 Å². The molecule has 1 N–H and O–H groups in total. The Morgan fingerprint density at radius 2 is 1.77 bits per heavy atom. The molecule has 1 aliphatic heterocycles. The topological polar surface area (TPSA) is 26.5 Å². The van der Waals surface area contributed by atoms with Gasteiger partial charge in [0.15, 0.2) is 6.34 Å². The summed E-state index contributed by atoms with van der Waals surface area (Å²) in [7, 11) is 0. The first-order valence-electron chi connectivity index (χ1n) is 12.3. The molecule has 0 saturated heterocycles. The quantitative estimate of drug-likeness (QED) is 0.352. The molecule has 3 nitrogen and oxygen atoms in total. The molecule has 0 bridgehead atoms. The van der Waals surface area contributed by atoms with E-state index < -0.39 is 0 Å². The lowest BCUT2D eigenvalue weighted by Gasteiger charge is -2.35. The highest BCUT2D eigenvalue weighted by Gasteiger charge is 2.31. The second-order valence-corrected chi connectivity index (χ2v) is 9.77. The van der Waals surface area contributed by atoms with E-state index in [1.54, 1.807) is 0 Å². The molecule has 1 atom stereocenters. The van der Waals surface area contributed by atoms with Crippen LogP contribution in [-0.2, 0) is 0 Å². The number of hydrogen-bond acceptors (Lipinski definition) is 2. The first-order chi connectivity index (χ1) is 17.0. The van der Waals surface area contributed by atoms with Gasteiger partial charge < -0.3 is 5.11 Å². The molecule has 0 aromatic heterocycles. The third kappa shape index (κ3) is 3.59. The summed E-state index contributed by atoms with van der Waals surface area (Å²) in [4.78, 5) is 2.37. The normalized spacial score (nSPS) is 19.1. The van der Waals surface area contributed by atoms with Gasteiger partial charge in [0.2, 0.25) is 0 Å². The van der Waals surface area contributed by atoms with E-state index in [4.69, 9.17) is 0 Å². The summed E-state index contributed by atoms with van der Waals surface area (Å²) in [6.07, 6.45) is 15.4. The zero-order chi connectivity index (χ0) is 24.1. The predicted octanol–water partition coefficient (Wildman–Crippen LogP) is 6.63. The van der Waals surface area contributed by atoms with Crippen molar-refractivity contribution in [2.24, 2.45) is 5.92 Å². The average molecular weight is 459 g/mol. The van der Waals surface area contributed by atoms with Crippen LogP contribution < -0.4 is 4.90 Å². The molecule has 1 unspecified atom stereocenters. The minimum Gasteiger partial charge on any atom is -0.515 e. The number of phenols is 1. The molecule has 0 saturated carbocycles. The third-order valence-corrected chi connectivity index (χ3v) is 7.32. The van der Waals surface area contributed by atoms with Crippen molar-refractivity contribution >= 4 is 28.4 Å². The predicted molar refractivity (Wildman–Crippen MR) is 146 cm³/mol. The van der Waals surface area contributed by atoms with Gasteiger partial charge in [-0.2, -0.15) is 0 Å². The highest BCUT2D eigenvalue weighted by molar-refractivity contribution is 6.01. The molecule has 1 heterocycles. The van der Waals surface area contributed by atoms with E-state index in [0.29, 0.717) is 5.75 Å². The van der Waals surface area contributed by atoms with Crippen LogP contribution in [0.4, 0.5) is 5.69 Å². The molecule has 3 aromatic rings. The van der Waals surface area contributed by atoms with Gasteiger partial charge in [0, 0.05) is 0 Å². The zero-order valence-corrected chi connectivity index (χ0v) is 20.5. The fourth-order valence-electron chi connectivity index (χ4n) is 5.91. The number of aryl methyl sites for hydroxylation is 3. The van der Waals surface area contributed by atoms with Gasteiger partial charge in [0.25, 0.3) is 0 Å². The molecule has 35 heavy (non-hydrogen) atoms. The van der Waals surface area contributed by atoms with E-state index in [2.05, 4.69) is 109 Å². The van der Waals surface area contributed by atoms with Crippen molar-refractivity contribution in [3.63, 3.8) is 0 Å². The minimum absolute atomic E-state index is 0.206. The van der Waals surface area contributed by atoms with Crippen LogP contribution in [-0.4, -0.2) is 29.1 Å². The van der Waals surface area contributed by atoms with Crippen LogP contribution in [0.15, 0.2) is 90.6 Å². The monoisotopic (exact) mass is 458 g/mol. The van der Waals surface area contributed by atoms with Crippen LogP contribution in [0.2, 0.25) is 0 Å². The second-order valence-electron chi connectivity index (χ2n) is 9.77. The van der Waals surface area contributed by atoms with Crippen LogP contribution in [0.3, 0.4) is 0 Å². The first-order valence-corrected chi connectivity index (χ1v) is 12.3. The number of aromatic hydroxyl groups is 1. The molecule has 0 amide bonds. The Balaban J connectivity index is 1.51. The van der Waals surface area contributed by atoms with Crippen LogP contribution in [0.5, 0.6) is 5.75 Å². The standard InChI is InChI=1S/C32H30N2O/c1-21-18-22(2)32(23(3)19-21)34-17-16-33(20-34)28-14-12-24-8-4-6-10-26(24)30(28)31-27-11-7-5-9-25(27)13-15-29(31)35/h4-15,18-20,24,35H,16-17H2,1-3H3. The number of phenolic OH excluding ortho intramolecular Hbond substituents is 1. The van der Waals surface area contributed by atoms with Crippen molar-refractivity contribution in [1.82, 2.24) is 0 Å². The fourth-order valence-corrected chi connectivity index (χ4v) is 5.91. The molecular weight excluding hydrogens is 428 g/mol. The van der Waals surface area contributed by atoms with Crippen LogP contribution in [0.1, 0.15) is 22.3 Å².